The van der Waals surface area contributed by atoms with Gasteiger partial charge in [0.15, 0.2) is 6.61 Å². The molecule has 0 aliphatic rings. The van der Waals surface area contributed by atoms with Crippen molar-refractivity contribution in [3.8, 4) is 17.9 Å². The molecule has 5 nitrogen and oxygen atoms in total. The lowest BCUT2D eigenvalue weighted by molar-refractivity contribution is -0.112. The maximum Gasteiger partial charge on any atom is 0.266 e. The van der Waals surface area contributed by atoms with Gasteiger partial charge in [0, 0.05) is 5.69 Å². The van der Waals surface area contributed by atoms with Crippen LogP contribution in [-0.2, 0) is 4.79 Å². The largest absolute Gasteiger partial charge is 0.477 e. The molecule has 0 saturated heterocycles. The maximum atomic E-state index is 12.5. The molecule has 2 aromatic rings. The number of carbonyl (C=O) groups is 1. The van der Waals surface area contributed by atoms with Gasteiger partial charge in [0.25, 0.3) is 5.91 Å². The van der Waals surface area contributed by atoms with Crippen LogP contribution in [0.4, 0.5) is 5.69 Å². The quantitative estimate of drug-likeness (QED) is 0.307. The van der Waals surface area contributed by atoms with Crippen molar-refractivity contribution in [3.63, 3.8) is 0 Å². The Balaban J connectivity index is 2.28. The molecule has 0 atom stereocenters. The van der Waals surface area contributed by atoms with Crippen molar-refractivity contribution >= 4 is 62.9 Å². The summed E-state index contributed by atoms with van der Waals surface area (Å²) >= 11 is 4.20. The zero-order valence-electron chi connectivity index (χ0n) is 14.6. The maximum absolute atomic E-state index is 12.5. The van der Waals surface area contributed by atoms with Crippen LogP contribution in [0.2, 0.25) is 0 Å². The van der Waals surface area contributed by atoms with E-state index in [2.05, 4.69) is 50.5 Å². The monoisotopic (exact) mass is 583 g/mol. The first-order chi connectivity index (χ1) is 12.8. The zero-order chi connectivity index (χ0) is 20.0. The van der Waals surface area contributed by atoms with Gasteiger partial charge < -0.3 is 10.1 Å². The van der Waals surface area contributed by atoms with Crippen LogP contribution in [0.5, 0.6) is 5.75 Å². The van der Waals surface area contributed by atoms with Crippen molar-refractivity contribution in [3.05, 3.63) is 59.7 Å². The standard InChI is InChI=1S/C20H15I2N3O2/c1-12-3-4-18(13(2)7-12)25-20(26)15(11-24)8-14-9-16(21)19(17(22)10-14)27-6-5-23/h3-4,7-10H,6H2,1-2H3,(H,25,26)/b15-8+. The highest BCUT2D eigenvalue weighted by Crippen LogP contribution is 2.30. The molecule has 0 aromatic heterocycles. The Morgan fingerprint density at radius 2 is 1.85 bits per heavy atom. The van der Waals surface area contributed by atoms with Crippen LogP contribution in [0.15, 0.2) is 35.9 Å². The Kier molecular flexibility index (Phi) is 7.63. The van der Waals surface area contributed by atoms with Gasteiger partial charge in [-0.2, -0.15) is 10.5 Å². The molecule has 0 fully saturated rings. The lowest BCUT2D eigenvalue weighted by atomic mass is 10.1. The number of carbonyl (C=O) groups excluding carboxylic acids is 1. The molecule has 0 aliphatic carbocycles. The Bertz CT molecular complexity index is 978. The summed E-state index contributed by atoms with van der Waals surface area (Å²) in [6.07, 6.45) is 1.54. The molecule has 0 saturated carbocycles. The SMILES string of the molecule is Cc1ccc(NC(=O)/C(C#N)=C/c2cc(I)c(OCC#N)c(I)c2)c(C)c1. The van der Waals surface area contributed by atoms with E-state index in [1.165, 1.54) is 6.08 Å². The number of nitriles is 2. The third-order valence-corrected chi connectivity index (χ3v) is 5.21. The average Bonchev–Trinajstić information content (AvgIpc) is 2.61. The molecule has 27 heavy (non-hydrogen) atoms. The number of anilines is 1. The second kappa shape index (κ2) is 9.72. The lowest BCUT2D eigenvalue weighted by Gasteiger charge is -2.10. The fourth-order valence-corrected chi connectivity index (χ4v) is 4.49. The van der Waals surface area contributed by atoms with E-state index >= 15 is 0 Å². The van der Waals surface area contributed by atoms with Gasteiger partial charge in [0.2, 0.25) is 0 Å². The van der Waals surface area contributed by atoms with Gasteiger partial charge in [-0.15, -0.1) is 0 Å². The number of rotatable bonds is 5. The summed E-state index contributed by atoms with van der Waals surface area (Å²) in [5, 5.41) is 20.9. The van der Waals surface area contributed by atoms with Crippen LogP contribution in [0.1, 0.15) is 16.7 Å². The van der Waals surface area contributed by atoms with Crippen molar-refractivity contribution in [2.45, 2.75) is 13.8 Å². The first-order valence-electron chi connectivity index (χ1n) is 7.85. The number of benzene rings is 2. The summed E-state index contributed by atoms with van der Waals surface area (Å²) in [4.78, 5) is 12.5. The van der Waals surface area contributed by atoms with Crippen molar-refractivity contribution in [1.82, 2.24) is 0 Å². The fourth-order valence-electron chi connectivity index (χ4n) is 2.36. The van der Waals surface area contributed by atoms with E-state index in [9.17, 15) is 10.1 Å². The smallest absolute Gasteiger partial charge is 0.266 e. The first kappa shape index (κ1) is 21.2. The van der Waals surface area contributed by atoms with E-state index in [-0.39, 0.29) is 12.2 Å². The molecule has 1 amide bonds. The topological polar surface area (TPSA) is 85.9 Å². The van der Waals surface area contributed by atoms with Gasteiger partial charge in [-0.25, -0.2) is 0 Å². The molecule has 0 spiro atoms. The highest BCUT2D eigenvalue weighted by molar-refractivity contribution is 14.1. The van der Waals surface area contributed by atoms with Crippen LogP contribution in [0.3, 0.4) is 0 Å². The molecule has 7 heteroatoms. The highest BCUT2D eigenvalue weighted by atomic mass is 127. The second-order valence-electron chi connectivity index (χ2n) is 5.70. The van der Waals surface area contributed by atoms with Crippen molar-refractivity contribution in [1.29, 1.82) is 10.5 Å². The minimum atomic E-state index is -0.459. The third-order valence-electron chi connectivity index (χ3n) is 3.61. The molecule has 0 bridgehead atoms. The summed E-state index contributed by atoms with van der Waals surface area (Å²) in [6, 6.07) is 13.2. The number of nitrogens with zero attached hydrogens (tertiary/aromatic N) is 2. The van der Waals surface area contributed by atoms with E-state index in [0.29, 0.717) is 17.0 Å². The lowest BCUT2D eigenvalue weighted by Crippen LogP contribution is -2.14. The Morgan fingerprint density at radius 1 is 1.19 bits per heavy atom. The molecular weight excluding hydrogens is 568 g/mol. The van der Waals surface area contributed by atoms with E-state index in [4.69, 9.17) is 10.00 Å². The van der Waals surface area contributed by atoms with Gasteiger partial charge in [0.1, 0.15) is 23.5 Å². The number of halogens is 2. The summed E-state index contributed by atoms with van der Waals surface area (Å²) in [6.45, 7) is 3.85. The Hall–Kier alpha value is -2.11. The van der Waals surface area contributed by atoms with Gasteiger partial charge in [-0.05, 0) is 94.4 Å². The van der Waals surface area contributed by atoms with E-state index in [1.807, 2.05) is 44.2 Å². The third kappa shape index (κ3) is 5.68. The molecule has 1 N–H and O–H groups in total. The fraction of sp³-hybridized carbons (Fsp3) is 0.150. The zero-order valence-corrected chi connectivity index (χ0v) is 19.0. The number of hydrogen-bond acceptors (Lipinski definition) is 4. The number of amides is 1. The molecule has 0 aliphatic heterocycles. The van der Waals surface area contributed by atoms with Crippen LogP contribution >= 0.6 is 45.2 Å². The van der Waals surface area contributed by atoms with Crippen molar-refractivity contribution in [2.75, 3.05) is 11.9 Å². The highest BCUT2D eigenvalue weighted by Gasteiger charge is 2.13. The molecule has 0 unspecified atom stereocenters. The number of nitrogens with one attached hydrogen (secondary N) is 1. The van der Waals surface area contributed by atoms with Gasteiger partial charge in [-0.3, -0.25) is 4.79 Å². The number of ether oxygens (including phenoxy) is 1. The van der Waals surface area contributed by atoms with Crippen LogP contribution < -0.4 is 10.1 Å². The number of hydrogen-bond donors (Lipinski definition) is 1. The van der Waals surface area contributed by atoms with Gasteiger partial charge in [0.05, 0.1) is 7.14 Å². The molecule has 2 aromatic carbocycles. The van der Waals surface area contributed by atoms with Crippen LogP contribution in [-0.4, -0.2) is 12.5 Å². The minimum absolute atomic E-state index is 0.00673. The molecular formula is C20H15I2N3O2. The van der Waals surface area contributed by atoms with Crippen LogP contribution in [0.25, 0.3) is 6.08 Å². The Morgan fingerprint density at radius 3 is 2.41 bits per heavy atom. The second-order valence-corrected chi connectivity index (χ2v) is 8.03. The van der Waals surface area contributed by atoms with Gasteiger partial charge in [-0.1, -0.05) is 17.7 Å². The van der Waals surface area contributed by atoms with E-state index in [1.54, 1.807) is 12.1 Å². The normalized spacial score (nSPS) is 10.7. The summed E-state index contributed by atoms with van der Waals surface area (Å²) < 4.78 is 7.01. The van der Waals surface area contributed by atoms with E-state index < -0.39 is 5.91 Å². The predicted octanol–water partition coefficient (Wildman–Crippen LogP) is 4.96. The molecule has 136 valence electrons. The first-order valence-corrected chi connectivity index (χ1v) is 10.0. The summed E-state index contributed by atoms with van der Waals surface area (Å²) in [5.41, 5.74) is 3.43. The van der Waals surface area contributed by atoms with Gasteiger partial charge >= 0.3 is 0 Å². The average molecular weight is 583 g/mol. The molecule has 2 rings (SSSR count). The predicted molar refractivity (Wildman–Crippen MR) is 121 cm³/mol. The molecule has 0 radical (unpaired) electrons. The van der Waals surface area contributed by atoms with E-state index in [0.717, 1.165) is 18.3 Å². The summed E-state index contributed by atoms with van der Waals surface area (Å²) in [5.74, 6) is 0.160. The summed E-state index contributed by atoms with van der Waals surface area (Å²) in [7, 11) is 0. The van der Waals surface area contributed by atoms with Crippen LogP contribution in [0, 0.1) is 43.7 Å². The Labute approximate surface area is 185 Å². The minimum Gasteiger partial charge on any atom is -0.477 e. The number of aryl methyl sites for hydroxylation is 2. The molecule has 0 heterocycles. The van der Waals surface area contributed by atoms with Crippen molar-refractivity contribution in [2.24, 2.45) is 0 Å². The van der Waals surface area contributed by atoms with Crippen molar-refractivity contribution < 1.29 is 9.53 Å².